The molecule has 0 bridgehead atoms. The van der Waals surface area contributed by atoms with Crippen molar-refractivity contribution >= 4 is 11.8 Å². The van der Waals surface area contributed by atoms with E-state index in [1.54, 1.807) is 0 Å². The molecule has 0 radical (unpaired) electrons. The van der Waals surface area contributed by atoms with E-state index in [0.717, 1.165) is 37.3 Å². The van der Waals surface area contributed by atoms with Crippen molar-refractivity contribution in [1.82, 2.24) is 9.97 Å². The first-order chi connectivity index (χ1) is 10.1. The maximum Gasteiger partial charge on any atom is 0.329 e. The summed E-state index contributed by atoms with van der Waals surface area (Å²) in [5.74, 6) is 0.572. The number of hydrogen-bond donors (Lipinski definition) is 1. The van der Waals surface area contributed by atoms with E-state index in [1.165, 1.54) is 6.33 Å². The maximum absolute atomic E-state index is 10.5. The molecule has 0 aromatic carbocycles. The van der Waals surface area contributed by atoms with Crippen LogP contribution in [0.15, 0.2) is 6.33 Å². The first-order valence-corrected chi connectivity index (χ1v) is 7.14. The molecule has 1 aromatic rings. The van der Waals surface area contributed by atoms with Gasteiger partial charge in [-0.15, -0.1) is 0 Å². The van der Waals surface area contributed by atoms with Crippen LogP contribution >= 0.6 is 0 Å². The molecular formula is C14H21N3O4. The molecule has 0 aliphatic carbocycles. The van der Waals surface area contributed by atoms with Gasteiger partial charge in [0.1, 0.15) is 18.8 Å². The van der Waals surface area contributed by atoms with Crippen molar-refractivity contribution in [2.24, 2.45) is 0 Å². The Hall–Kier alpha value is -1.89. The van der Waals surface area contributed by atoms with Crippen LogP contribution in [0.5, 0.6) is 5.88 Å². The van der Waals surface area contributed by atoms with Gasteiger partial charge in [-0.3, -0.25) is 0 Å². The lowest BCUT2D eigenvalue weighted by atomic mass is 10.1. The lowest BCUT2D eigenvalue weighted by Crippen LogP contribution is -2.38. The van der Waals surface area contributed by atoms with Gasteiger partial charge in [0, 0.05) is 13.1 Å². The van der Waals surface area contributed by atoms with Crippen molar-refractivity contribution < 1.29 is 19.4 Å². The van der Waals surface area contributed by atoms with Gasteiger partial charge >= 0.3 is 5.97 Å². The summed E-state index contributed by atoms with van der Waals surface area (Å²) in [4.78, 5) is 21.2. The van der Waals surface area contributed by atoms with Gasteiger partial charge in [0.05, 0.1) is 18.3 Å². The maximum atomic E-state index is 10.5. The number of aliphatic carboxylic acids is 1. The molecule has 1 aliphatic rings. The molecule has 0 atom stereocenters. The second-order valence-electron chi connectivity index (χ2n) is 4.95. The van der Waals surface area contributed by atoms with E-state index in [4.69, 9.17) is 14.6 Å². The summed E-state index contributed by atoms with van der Waals surface area (Å²) in [6.45, 7) is 5.79. The Morgan fingerprint density at radius 1 is 1.43 bits per heavy atom. The largest absolute Gasteiger partial charge is 0.480 e. The molecule has 7 nitrogen and oxygen atoms in total. The molecule has 1 N–H and O–H groups in total. The summed E-state index contributed by atoms with van der Waals surface area (Å²) in [6, 6.07) is 0. The Morgan fingerprint density at radius 3 is 2.76 bits per heavy atom. The number of nitrogens with zero attached hydrogens (tertiary/aromatic N) is 3. The normalized spacial score (nSPS) is 16.0. The highest BCUT2D eigenvalue weighted by atomic mass is 16.5. The third kappa shape index (κ3) is 4.04. The first-order valence-electron chi connectivity index (χ1n) is 7.14. The number of hydrogen-bond acceptors (Lipinski definition) is 6. The van der Waals surface area contributed by atoms with Gasteiger partial charge in [-0.05, 0) is 26.7 Å². The number of rotatable bonds is 6. The predicted octanol–water partition coefficient (Wildman–Crippen LogP) is 1.25. The second kappa shape index (κ2) is 7.21. The number of aromatic nitrogens is 2. The van der Waals surface area contributed by atoms with Crippen molar-refractivity contribution in [2.45, 2.75) is 32.8 Å². The van der Waals surface area contributed by atoms with Gasteiger partial charge in [-0.25, -0.2) is 14.8 Å². The lowest BCUT2D eigenvalue weighted by molar-refractivity contribution is -0.144. The fourth-order valence-electron chi connectivity index (χ4n) is 2.45. The monoisotopic (exact) mass is 295 g/mol. The Morgan fingerprint density at radius 2 is 2.14 bits per heavy atom. The summed E-state index contributed by atoms with van der Waals surface area (Å²) in [5.41, 5.74) is 0.934. The van der Waals surface area contributed by atoms with E-state index in [0.29, 0.717) is 12.5 Å². The Bertz CT molecular complexity index is 487. The van der Waals surface area contributed by atoms with Crippen LogP contribution in [0.2, 0.25) is 0 Å². The van der Waals surface area contributed by atoms with Gasteiger partial charge in [0.2, 0.25) is 5.88 Å². The van der Waals surface area contributed by atoms with Crippen LogP contribution in [0, 0.1) is 6.92 Å². The summed E-state index contributed by atoms with van der Waals surface area (Å²) >= 11 is 0. The van der Waals surface area contributed by atoms with Crippen LogP contribution in [-0.2, 0) is 9.53 Å². The van der Waals surface area contributed by atoms with Gasteiger partial charge in [-0.2, -0.15) is 0 Å². The van der Waals surface area contributed by atoms with Crippen LogP contribution in [0.3, 0.4) is 0 Å². The van der Waals surface area contributed by atoms with Crippen molar-refractivity contribution in [3.8, 4) is 5.88 Å². The van der Waals surface area contributed by atoms with Gasteiger partial charge < -0.3 is 19.5 Å². The number of carboxylic acid groups (broad SMARTS) is 1. The van der Waals surface area contributed by atoms with Crippen LogP contribution in [0.4, 0.5) is 5.82 Å². The summed E-state index contributed by atoms with van der Waals surface area (Å²) in [5, 5.41) is 8.63. The van der Waals surface area contributed by atoms with Crippen molar-refractivity contribution in [3.63, 3.8) is 0 Å². The molecule has 2 rings (SSSR count). The van der Waals surface area contributed by atoms with E-state index < -0.39 is 5.97 Å². The zero-order valence-corrected chi connectivity index (χ0v) is 12.4. The molecule has 0 amide bonds. The van der Waals surface area contributed by atoms with E-state index in [-0.39, 0.29) is 12.7 Å². The lowest BCUT2D eigenvalue weighted by Gasteiger charge is -2.33. The minimum Gasteiger partial charge on any atom is -0.480 e. The Labute approximate surface area is 123 Å². The van der Waals surface area contributed by atoms with Crippen molar-refractivity contribution in [3.05, 3.63) is 11.9 Å². The summed E-state index contributed by atoms with van der Waals surface area (Å²) in [7, 11) is 0. The van der Waals surface area contributed by atoms with E-state index in [1.807, 2.05) is 13.8 Å². The van der Waals surface area contributed by atoms with E-state index in [9.17, 15) is 4.79 Å². The highest BCUT2D eigenvalue weighted by Crippen LogP contribution is 2.26. The van der Waals surface area contributed by atoms with Gasteiger partial charge in [0.25, 0.3) is 0 Å². The third-order valence-corrected chi connectivity index (χ3v) is 3.48. The minimum atomic E-state index is -0.926. The molecule has 116 valence electrons. The zero-order valence-electron chi connectivity index (χ0n) is 12.4. The quantitative estimate of drug-likeness (QED) is 0.845. The van der Waals surface area contributed by atoms with E-state index >= 15 is 0 Å². The molecule has 7 heteroatoms. The molecule has 0 saturated carbocycles. The molecule has 1 saturated heterocycles. The highest BCUT2D eigenvalue weighted by Gasteiger charge is 2.23. The number of piperidine rings is 1. The fraction of sp³-hybridized carbons (Fsp3) is 0.643. The summed E-state index contributed by atoms with van der Waals surface area (Å²) in [6.07, 6.45) is 3.10. The van der Waals surface area contributed by atoms with Crippen LogP contribution in [0.25, 0.3) is 0 Å². The van der Waals surface area contributed by atoms with Gasteiger partial charge in [-0.1, -0.05) is 0 Å². The Balaban J connectivity index is 1.96. The second-order valence-corrected chi connectivity index (χ2v) is 4.95. The highest BCUT2D eigenvalue weighted by molar-refractivity contribution is 5.68. The molecule has 1 fully saturated rings. The zero-order chi connectivity index (χ0) is 15.2. The number of carbonyl (C=O) groups is 1. The molecule has 1 aromatic heterocycles. The first kappa shape index (κ1) is 15.5. The average Bonchev–Trinajstić information content (AvgIpc) is 2.48. The predicted molar refractivity (Wildman–Crippen MR) is 76.8 cm³/mol. The van der Waals surface area contributed by atoms with Gasteiger partial charge in [0.15, 0.2) is 0 Å². The molecular weight excluding hydrogens is 274 g/mol. The van der Waals surface area contributed by atoms with Crippen LogP contribution < -0.4 is 9.64 Å². The van der Waals surface area contributed by atoms with Crippen molar-refractivity contribution in [2.75, 3.05) is 31.2 Å². The number of ether oxygens (including phenoxy) is 2. The fourth-order valence-corrected chi connectivity index (χ4v) is 2.45. The van der Waals surface area contributed by atoms with Crippen molar-refractivity contribution in [1.29, 1.82) is 0 Å². The molecule has 1 aliphatic heterocycles. The number of anilines is 1. The number of carboxylic acids is 1. The van der Waals surface area contributed by atoms with Crippen LogP contribution in [-0.4, -0.2) is 53.5 Å². The Kier molecular flexibility index (Phi) is 5.32. The molecule has 0 unspecified atom stereocenters. The SMILES string of the molecule is CCOc1ncnc(N2CCC(OCC(=O)O)CC2)c1C. The average molecular weight is 295 g/mol. The standard InChI is InChI=1S/C14H21N3O4/c1-3-20-14-10(2)13(15-9-16-14)17-6-4-11(5-7-17)21-8-12(18)19/h9,11H,3-8H2,1-2H3,(H,18,19). The summed E-state index contributed by atoms with van der Waals surface area (Å²) < 4.78 is 10.8. The molecule has 0 spiro atoms. The van der Waals surface area contributed by atoms with Crippen LogP contribution in [0.1, 0.15) is 25.3 Å². The molecule has 2 heterocycles. The minimum absolute atomic E-state index is 0.00542. The third-order valence-electron chi connectivity index (χ3n) is 3.48. The molecule has 21 heavy (non-hydrogen) atoms. The smallest absolute Gasteiger partial charge is 0.329 e. The van der Waals surface area contributed by atoms with E-state index in [2.05, 4.69) is 14.9 Å². The topological polar surface area (TPSA) is 84.8 Å².